The standard InChI is InChI=1S/C20H26N4O3/c1-12(2)10-24-14(4)16(13(3)23-24)6-8-19(25)21-15-5-7-18-17(9-15)22-20(26)11-27-18/h5,7,9,12H,6,8,10-11H2,1-4H3,(H,21,25)(H,22,26). The summed E-state index contributed by atoms with van der Waals surface area (Å²) in [7, 11) is 0. The Bertz CT molecular complexity index is 870. The van der Waals surface area contributed by atoms with Crippen molar-refractivity contribution in [1.82, 2.24) is 9.78 Å². The molecular formula is C20H26N4O3. The predicted octanol–water partition coefficient (Wildman–Crippen LogP) is 3.06. The van der Waals surface area contributed by atoms with Crippen molar-refractivity contribution in [3.05, 3.63) is 35.2 Å². The Labute approximate surface area is 159 Å². The van der Waals surface area contributed by atoms with Crippen LogP contribution < -0.4 is 15.4 Å². The lowest BCUT2D eigenvalue weighted by Crippen LogP contribution is -2.25. The van der Waals surface area contributed by atoms with Crippen LogP contribution in [-0.4, -0.2) is 28.2 Å². The van der Waals surface area contributed by atoms with Crippen molar-refractivity contribution < 1.29 is 14.3 Å². The second-order valence-electron chi connectivity index (χ2n) is 7.32. The number of aryl methyl sites for hydroxylation is 1. The Kier molecular flexibility index (Phi) is 5.48. The van der Waals surface area contributed by atoms with Crippen LogP contribution in [0.25, 0.3) is 0 Å². The van der Waals surface area contributed by atoms with Gasteiger partial charge < -0.3 is 15.4 Å². The molecule has 0 spiro atoms. The Morgan fingerprint density at radius 3 is 2.89 bits per heavy atom. The van der Waals surface area contributed by atoms with Crippen molar-refractivity contribution in [2.75, 3.05) is 17.2 Å². The van der Waals surface area contributed by atoms with Gasteiger partial charge in [0.2, 0.25) is 5.91 Å². The molecule has 2 amide bonds. The molecule has 1 aromatic carbocycles. The highest BCUT2D eigenvalue weighted by Gasteiger charge is 2.17. The van der Waals surface area contributed by atoms with Gasteiger partial charge in [0, 0.05) is 24.3 Å². The maximum atomic E-state index is 12.4. The lowest BCUT2D eigenvalue weighted by Gasteiger charge is -2.18. The molecule has 27 heavy (non-hydrogen) atoms. The molecule has 2 heterocycles. The third-order valence-electron chi connectivity index (χ3n) is 4.57. The molecule has 0 radical (unpaired) electrons. The van der Waals surface area contributed by atoms with Gasteiger partial charge in [0.05, 0.1) is 11.4 Å². The van der Waals surface area contributed by atoms with Gasteiger partial charge in [-0.3, -0.25) is 14.3 Å². The minimum atomic E-state index is -0.199. The summed E-state index contributed by atoms with van der Waals surface area (Å²) in [5, 5.41) is 10.2. The van der Waals surface area contributed by atoms with Crippen LogP contribution in [0, 0.1) is 19.8 Å². The van der Waals surface area contributed by atoms with E-state index in [1.807, 2.05) is 11.6 Å². The predicted molar refractivity (Wildman–Crippen MR) is 104 cm³/mol. The van der Waals surface area contributed by atoms with Gasteiger partial charge in [-0.15, -0.1) is 0 Å². The fourth-order valence-electron chi connectivity index (χ4n) is 3.24. The second kappa shape index (κ2) is 7.82. The van der Waals surface area contributed by atoms with Crippen LogP contribution in [0.15, 0.2) is 18.2 Å². The highest BCUT2D eigenvalue weighted by molar-refractivity contribution is 5.97. The summed E-state index contributed by atoms with van der Waals surface area (Å²) in [6.07, 6.45) is 1.02. The van der Waals surface area contributed by atoms with Crippen molar-refractivity contribution in [2.24, 2.45) is 5.92 Å². The Balaban J connectivity index is 1.61. The number of amides is 2. The van der Waals surface area contributed by atoms with E-state index in [4.69, 9.17) is 4.74 Å². The number of aromatic nitrogens is 2. The summed E-state index contributed by atoms with van der Waals surface area (Å²) in [5.74, 6) is 0.854. The van der Waals surface area contributed by atoms with Crippen molar-refractivity contribution in [3.63, 3.8) is 0 Å². The maximum absolute atomic E-state index is 12.4. The van der Waals surface area contributed by atoms with Crippen molar-refractivity contribution in [3.8, 4) is 5.75 Å². The average molecular weight is 370 g/mol. The highest BCUT2D eigenvalue weighted by Crippen LogP contribution is 2.30. The second-order valence-corrected chi connectivity index (χ2v) is 7.32. The quantitative estimate of drug-likeness (QED) is 0.818. The molecule has 0 aliphatic carbocycles. The molecule has 2 N–H and O–H groups in total. The number of nitrogens with zero attached hydrogens (tertiary/aromatic N) is 2. The molecule has 1 aliphatic rings. The molecule has 7 nitrogen and oxygen atoms in total. The van der Waals surface area contributed by atoms with Crippen LogP contribution in [0.3, 0.4) is 0 Å². The molecule has 1 aliphatic heterocycles. The normalized spacial score (nSPS) is 13.1. The van der Waals surface area contributed by atoms with Gasteiger partial charge in [0.25, 0.3) is 5.91 Å². The summed E-state index contributed by atoms with van der Waals surface area (Å²) < 4.78 is 7.35. The van der Waals surface area contributed by atoms with E-state index in [2.05, 4.69) is 36.5 Å². The zero-order chi connectivity index (χ0) is 19.6. The Morgan fingerprint density at radius 1 is 1.37 bits per heavy atom. The number of anilines is 2. The molecule has 1 aromatic heterocycles. The lowest BCUT2D eigenvalue weighted by atomic mass is 10.1. The number of fused-ring (bicyclic) bond motifs is 1. The zero-order valence-corrected chi connectivity index (χ0v) is 16.3. The Morgan fingerprint density at radius 2 is 2.15 bits per heavy atom. The molecule has 0 saturated carbocycles. The van der Waals surface area contributed by atoms with Crippen molar-refractivity contribution in [1.29, 1.82) is 0 Å². The number of carbonyl (C=O) groups is 2. The largest absolute Gasteiger partial charge is 0.482 e. The molecular weight excluding hydrogens is 344 g/mol. The number of nitrogens with one attached hydrogen (secondary N) is 2. The van der Waals surface area contributed by atoms with E-state index in [1.165, 1.54) is 0 Å². The SMILES string of the molecule is Cc1nn(CC(C)C)c(C)c1CCC(=O)Nc1ccc2c(c1)NC(=O)CO2. The molecule has 7 heteroatoms. The molecule has 0 atom stereocenters. The van der Waals surface area contributed by atoms with E-state index in [-0.39, 0.29) is 18.4 Å². The van der Waals surface area contributed by atoms with Crippen LogP contribution in [-0.2, 0) is 22.6 Å². The fourth-order valence-corrected chi connectivity index (χ4v) is 3.24. The van der Waals surface area contributed by atoms with Crippen LogP contribution in [0.4, 0.5) is 11.4 Å². The zero-order valence-electron chi connectivity index (χ0n) is 16.3. The van der Waals surface area contributed by atoms with Crippen LogP contribution >= 0.6 is 0 Å². The Hall–Kier alpha value is -2.83. The first kappa shape index (κ1) is 18.9. The summed E-state index contributed by atoms with van der Waals surface area (Å²) in [4.78, 5) is 23.8. The van der Waals surface area contributed by atoms with E-state index in [0.29, 0.717) is 35.9 Å². The number of rotatable bonds is 6. The van der Waals surface area contributed by atoms with Gasteiger partial charge in [-0.2, -0.15) is 5.10 Å². The lowest BCUT2D eigenvalue weighted by molar-refractivity contribution is -0.118. The summed E-state index contributed by atoms with van der Waals surface area (Å²) >= 11 is 0. The molecule has 0 bridgehead atoms. The van der Waals surface area contributed by atoms with E-state index in [0.717, 1.165) is 23.5 Å². The maximum Gasteiger partial charge on any atom is 0.262 e. The van der Waals surface area contributed by atoms with E-state index in [9.17, 15) is 9.59 Å². The first-order chi connectivity index (χ1) is 12.8. The highest BCUT2D eigenvalue weighted by atomic mass is 16.5. The molecule has 0 fully saturated rings. The first-order valence-electron chi connectivity index (χ1n) is 9.23. The molecule has 144 valence electrons. The fraction of sp³-hybridized carbons (Fsp3) is 0.450. The number of benzene rings is 1. The van der Waals surface area contributed by atoms with Crippen LogP contribution in [0.1, 0.15) is 37.2 Å². The third-order valence-corrected chi connectivity index (χ3v) is 4.57. The minimum Gasteiger partial charge on any atom is -0.482 e. The number of ether oxygens (including phenoxy) is 1. The first-order valence-corrected chi connectivity index (χ1v) is 9.23. The summed E-state index contributed by atoms with van der Waals surface area (Å²) in [5.41, 5.74) is 4.45. The van der Waals surface area contributed by atoms with Crippen molar-refractivity contribution >= 4 is 23.2 Å². The van der Waals surface area contributed by atoms with Gasteiger partial charge in [-0.05, 0) is 49.9 Å². The van der Waals surface area contributed by atoms with E-state index in [1.54, 1.807) is 18.2 Å². The van der Waals surface area contributed by atoms with Gasteiger partial charge in [0.15, 0.2) is 6.61 Å². The molecule has 0 unspecified atom stereocenters. The van der Waals surface area contributed by atoms with E-state index >= 15 is 0 Å². The number of carbonyl (C=O) groups excluding carboxylic acids is 2. The summed E-state index contributed by atoms with van der Waals surface area (Å²) in [6, 6.07) is 5.22. The topological polar surface area (TPSA) is 85.3 Å². The third kappa shape index (κ3) is 4.48. The van der Waals surface area contributed by atoms with E-state index < -0.39 is 0 Å². The van der Waals surface area contributed by atoms with Crippen LogP contribution in [0.5, 0.6) is 5.75 Å². The monoisotopic (exact) mass is 370 g/mol. The van der Waals surface area contributed by atoms with Crippen LogP contribution in [0.2, 0.25) is 0 Å². The number of hydrogen-bond donors (Lipinski definition) is 2. The van der Waals surface area contributed by atoms with Gasteiger partial charge in [-0.1, -0.05) is 13.8 Å². The van der Waals surface area contributed by atoms with Gasteiger partial charge in [0.1, 0.15) is 5.75 Å². The molecule has 3 rings (SSSR count). The van der Waals surface area contributed by atoms with Gasteiger partial charge >= 0.3 is 0 Å². The average Bonchev–Trinajstić information content (AvgIpc) is 2.85. The molecule has 0 saturated heterocycles. The van der Waals surface area contributed by atoms with Gasteiger partial charge in [-0.25, -0.2) is 0 Å². The van der Waals surface area contributed by atoms with Crippen molar-refractivity contribution in [2.45, 2.75) is 47.1 Å². The molecule has 2 aromatic rings. The number of hydrogen-bond acceptors (Lipinski definition) is 4. The summed E-state index contributed by atoms with van der Waals surface area (Å²) in [6.45, 7) is 9.26. The smallest absolute Gasteiger partial charge is 0.262 e. The minimum absolute atomic E-state index is 0.0158.